The van der Waals surface area contributed by atoms with Crippen molar-refractivity contribution < 1.29 is 4.92 Å². The Morgan fingerprint density at radius 3 is 2.48 bits per heavy atom. The molecule has 2 bridgehead atoms. The van der Waals surface area contributed by atoms with E-state index in [1.807, 2.05) is 19.1 Å². The van der Waals surface area contributed by atoms with Gasteiger partial charge in [-0.2, -0.15) is 0 Å². The zero-order valence-electron chi connectivity index (χ0n) is 14.4. The summed E-state index contributed by atoms with van der Waals surface area (Å²) in [5.41, 5.74) is 3.47. The van der Waals surface area contributed by atoms with Crippen molar-refractivity contribution in [2.24, 2.45) is 0 Å². The number of non-ortho nitro benzene ring substituents is 1. The number of benzene rings is 1. The van der Waals surface area contributed by atoms with Crippen LogP contribution >= 0.6 is 0 Å². The van der Waals surface area contributed by atoms with Gasteiger partial charge in [0.05, 0.1) is 4.92 Å². The smallest absolute Gasteiger partial charge is 0.269 e. The maximum atomic E-state index is 10.8. The van der Waals surface area contributed by atoms with Crippen LogP contribution in [-0.4, -0.2) is 45.0 Å². The first-order valence-corrected chi connectivity index (χ1v) is 8.55. The van der Waals surface area contributed by atoms with Crippen molar-refractivity contribution in [2.75, 3.05) is 18.0 Å². The Hall–Kier alpha value is -2.54. The van der Waals surface area contributed by atoms with E-state index in [-0.39, 0.29) is 10.6 Å². The maximum Gasteiger partial charge on any atom is 0.269 e. The van der Waals surface area contributed by atoms with E-state index in [1.165, 1.54) is 6.42 Å². The first kappa shape index (κ1) is 16.0. The Balaban J connectivity index is 1.43. The number of piperazine rings is 1. The van der Waals surface area contributed by atoms with Crippen molar-refractivity contribution >= 4 is 11.5 Å². The average Bonchev–Trinajstić information content (AvgIpc) is 2.62. The highest BCUT2D eigenvalue weighted by molar-refractivity contribution is 5.49. The van der Waals surface area contributed by atoms with E-state index in [0.29, 0.717) is 12.1 Å². The van der Waals surface area contributed by atoms with Gasteiger partial charge in [-0.3, -0.25) is 15.0 Å². The molecule has 3 aliphatic rings. The second-order valence-corrected chi connectivity index (χ2v) is 6.95. The van der Waals surface area contributed by atoms with Crippen LogP contribution in [0.25, 0.3) is 0 Å². The van der Waals surface area contributed by atoms with E-state index in [2.05, 4.69) is 26.7 Å². The minimum Gasteiger partial charge on any atom is -0.353 e. The maximum absolute atomic E-state index is 10.8. The fraction of sp³-hybridized carbons (Fsp3) is 0.444. The van der Waals surface area contributed by atoms with Crippen LogP contribution in [0.15, 0.2) is 30.6 Å². The highest BCUT2D eigenvalue weighted by Gasteiger charge is 2.44. The Labute approximate surface area is 146 Å². The summed E-state index contributed by atoms with van der Waals surface area (Å²) in [6, 6.07) is 7.94. The molecule has 0 N–H and O–H groups in total. The first-order chi connectivity index (χ1) is 12.0. The van der Waals surface area contributed by atoms with E-state index in [1.54, 1.807) is 18.5 Å². The number of fused-ring (bicyclic) bond motifs is 2. The summed E-state index contributed by atoms with van der Waals surface area (Å²) >= 11 is 0. The standard InChI is InChI=1S/C18H21N5O2/c1-12-13(2)19-11-20-18(12)21-9-16-7-17(10-21)22(16)8-14-3-5-15(6-4-14)23(24)25/h3-6,11,16-17H,7-10H2,1-2H3. The molecule has 5 rings (SSSR count). The summed E-state index contributed by atoms with van der Waals surface area (Å²) in [4.78, 5) is 24.0. The molecule has 0 amide bonds. The summed E-state index contributed by atoms with van der Waals surface area (Å²) < 4.78 is 0. The second kappa shape index (κ2) is 6.07. The number of piperidine rings is 1. The van der Waals surface area contributed by atoms with Crippen molar-refractivity contribution in [1.29, 1.82) is 0 Å². The van der Waals surface area contributed by atoms with Gasteiger partial charge in [0.1, 0.15) is 12.1 Å². The summed E-state index contributed by atoms with van der Waals surface area (Å²) in [5, 5.41) is 10.8. The number of aryl methyl sites for hydroxylation is 1. The molecule has 3 fully saturated rings. The number of hydrogen-bond donors (Lipinski definition) is 0. The molecule has 7 heteroatoms. The summed E-state index contributed by atoms with van der Waals surface area (Å²) in [5.74, 6) is 1.05. The van der Waals surface area contributed by atoms with Crippen molar-refractivity contribution in [3.8, 4) is 0 Å². The molecule has 2 atom stereocenters. The summed E-state index contributed by atoms with van der Waals surface area (Å²) in [6.45, 7) is 6.90. The normalized spacial score (nSPS) is 22.6. The van der Waals surface area contributed by atoms with Crippen LogP contribution in [0.5, 0.6) is 0 Å². The largest absolute Gasteiger partial charge is 0.353 e. The molecule has 2 unspecified atom stereocenters. The van der Waals surface area contributed by atoms with Gasteiger partial charge in [0.15, 0.2) is 0 Å². The molecule has 1 aromatic heterocycles. The first-order valence-electron chi connectivity index (χ1n) is 8.55. The summed E-state index contributed by atoms with van der Waals surface area (Å²) in [6.07, 6.45) is 2.86. The fourth-order valence-corrected chi connectivity index (χ4v) is 3.90. The van der Waals surface area contributed by atoms with Crippen LogP contribution in [0.2, 0.25) is 0 Å². The average molecular weight is 339 g/mol. The van der Waals surface area contributed by atoms with Crippen molar-refractivity contribution in [2.45, 2.75) is 38.9 Å². The van der Waals surface area contributed by atoms with Crippen LogP contribution < -0.4 is 4.90 Å². The Morgan fingerprint density at radius 1 is 1.16 bits per heavy atom. The third kappa shape index (κ3) is 2.84. The van der Waals surface area contributed by atoms with Gasteiger partial charge < -0.3 is 4.90 Å². The van der Waals surface area contributed by atoms with E-state index < -0.39 is 0 Å². The van der Waals surface area contributed by atoms with Gasteiger partial charge in [-0.1, -0.05) is 12.1 Å². The van der Waals surface area contributed by atoms with Crippen molar-refractivity contribution in [1.82, 2.24) is 14.9 Å². The number of nitro groups is 1. The molecule has 2 aromatic rings. The van der Waals surface area contributed by atoms with Gasteiger partial charge in [-0.05, 0) is 25.8 Å². The zero-order chi connectivity index (χ0) is 17.6. The van der Waals surface area contributed by atoms with E-state index in [0.717, 1.165) is 42.3 Å². The summed E-state index contributed by atoms with van der Waals surface area (Å²) in [7, 11) is 0. The van der Waals surface area contributed by atoms with Crippen LogP contribution in [0.3, 0.4) is 0 Å². The van der Waals surface area contributed by atoms with Gasteiger partial charge in [0, 0.05) is 55.1 Å². The van der Waals surface area contributed by atoms with E-state index in [9.17, 15) is 10.1 Å². The molecular weight excluding hydrogens is 318 g/mol. The molecule has 130 valence electrons. The van der Waals surface area contributed by atoms with Gasteiger partial charge in [0.25, 0.3) is 5.69 Å². The molecule has 25 heavy (non-hydrogen) atoms. The van der Waals surface area contributed by atoms with Crippen LogP contribution in [0.1, 0.15) is 23.2 Å². The number of nitro benzene ring substituents is 1. The Kier molecular flexibility index (Phi) is 3.88. The zero-order valence-corrected chi connectivity index (χ0v) is 14.4. The molecule has 0 aliphatic carbocycles. The van der Waals surface area contributed by atoms with Gasteiger partial charge in [0.2, 0.25) is 0 Å². The van der Waals surface area contributed by atoms with E-state index >= 15 is 0 Å². The predicted octanol–water partition coefficient (Wildman–Crippen LogP) is 2.46. The third-order valence-corrected chi connectivity index (χ3v) is 5.47. The van der Waals surface area contributed by atoms with E-state index in [4.69, 9.17) is 0 Å². The molecule has 3 aliphatic heterocycles. The Bertz CT molecular complexity index is 796. The minimum atomic E-state index is -0.355. The lowest BCUT2D eigenvalue weighted by Gasteiger charge is -2.57. The fourth-order valence-electron chi connectivity index (χ4n) is 3.90. The van der Waals surface area contributed by atoms with Crippen LogP contribution in [-0.2, 0) is 6.54 Å². The monoisotopic (exact) mass is 339 g/mol. The molecule has 3 saturated heterocycles. The molecule has 7 nitrogen and oxygen atoms in total. The van der Waals surface area contributed by atoms with Gasteiger partial charge in [-0.15, -0.1) is 0 Å². The lowest BCUT2D eigenvalue weighted by molar-refractivity contribution is -0.384. The second-order valence-electron chi connectivity index (χ2n) is 6.95. The number of aromatic nitrogens is 2. The topological polar surface area (TPSA) is 75.4 Å². The SMILES string of the molecule is Cc1ncnc(N2CC3CC(C2)N3Cc2ccc([N+](=O)[O-])cc2)c1C. The predicted molar refractivity (Wildman–Crippen MR) is 94.6 cm³/mol. The number of nitrogens with zero attached hydrogens (tertiary/aromatic N) is 5. The third-order valence-electron chi connectivity index (χ3n) is 5.47. The highest BCUT2D eigenvalue weighted by atomic mass is 16.6. The quantitative estimate of drug-likeness (QED) is 0.629. The molecule has 0 radical (unpaired) electrons. The number of hydrogen-bond acceptors (Lipinski definition) is 6. The Morgan fingerprint density at radius 2 is 1.84 bits per heavy atom. The molecule has 4 heterocycles. The number of anilines is 1. The highest BCUT2D eigenvalue weighted by Crippen LogP contribution is 2.36. The van der Waals surface area contributed by atoms with Crippen molar-refractivity contribution in [3.63, 3.8) is 0 Å². The molecule has 0 saturated carbocycles. The molecule has 0 spiro atoms. The van der Waals surface area contributed by atoms with Gasteiger partial charge in [-0.25, -0.2) is 9.97 Å². The minimum absolute atomic E-state index is 0.147. The lowest BCUT2D eigenvalue weighted by atomic mass is 9.86. The van der Waals surface area contributed by atoms with Gasteiger partial charge >= 0.3 is 0 Å². The molecular formula is C18H21N5O2. The van der Waals surface area contributed by atoms with Crippen LogP contribution in [0, 0.1) is 24.0 Å². The lowest BCUT2D eigenvalue weighted by Crippen LogP contribution is -2.68. The number of rotatable bonds is 4. The molecule has 1 aromatic carbocycles. The van der Waals surface area contributed by atoms with Crippen molar-refractivity contribution in [3.05, 3.63) is 57.5 Å². The van der Waals surface area contributed by atoms with Crippen LogP contribution in [0.4, 0.5) is 11.5 Å².